The van der Waals surface area contributed by atoms with Gasteiger partial charge in [-0.3, -0.25) is 9.48 Å². The highest BCUT2D eigenvalue weighted by Crippen LogP contribution is 2.14. The Morgan fingerprint density at radius 3 is 2.58 bits per heavy atom. The van der Waals surface area contributed by atoms with Crippen molar-refractivity contribution in [3.05, 3.63) is 47.5 Å². The third kappa shape index (κ3) is 2.73. The number of nitrogens with two attached hydrogens (primary N) is 1. The van der Waals surface area contributed by atoms with Gasteiger partial charge >= 0.3 is 0 Å². The molecule has 1 aromatic heterocycles. The summed E-state index contributed by atoms with van der Waals surface area (Å²) < 4.78 is 14.2. The zero-order chi connectivity index (χ0) is 14.0. The molecule has 0 spiro atoms. The van der Waals surface area contributed by atoms with Gasteiger partial charge < -0.3 is 10.6 Å². The van der Waals surface area contributed by atoms with E-state index in [0.29, 0.717) is 17.9 Å². The molecule has 100 valence electrons. The summed E-state index contributed by atoms with van der Waals surface area (Å²) in [4.78, 5) is 13.7. The van der Waals surface area contributed by atoms with Crippen molar-refractivity contribution in [2.24, 2.45) is 7.05 Å². The third-order valence-corrected chi connectivity index (χ3v) is 2.85. The van der Waals surface area contributed by atoms with Crippen molar-refractivity contribution in [2.45, 2.75) is 6.54 Å². The first-order chi connectivity index (χ1) is 8.99. The molecule has 0 aliphatic heterocycles. The Labute approximate surface area is 110 Å². The molecule has 0 bridgehead atoms. The fraction of sp³-hybridized carbons (Fsp3) is 0.231. The summed E-state index contributed by atoms with van der Waals surface area (Å²) >= 11 is 0. The molecule has 2 rings (SSSR count). The minimum absolute atomic E-state index is 0.221. The Bertz CT molecular complexity index is 572. The van der Waals surface area contributed by atoms with E-state index in [1.54, 1.807) is 26.2 Å². The summed E-state index contributed by atoms with van der Waals surface area (Å²) in [6.07, 6.45) is 1.44. The molecule has 0 aliphatic carbocycles. The highest BCUT2D eigenvalue weighted by molar-refractivity contribution is 5.97. The number of aromatic nitrogens is 2. The number of anilines is 1. The fourth-order valence-corrected chi connectivity index (χ4v) is 1.83. The molecule has 19 heavy (non-hydrogen) atoms. The molecule has 0 saturated carbocycles. The van der Waals surface area contributed by atoms with E-state index in [-0.39, 0.29) is 11.7 Å². The molecule has 1 aromatic carbocycles. The molecule has 1 amide bonds. The maximum Gasteiger partial charge on any atom is 0.274 e. The van der Waals surface area contributed by atoms with E-state index in [1.807, 2.05) is 0 Å². The first-order valence-corrected chi connectivity index (χ1v) is 5.76. The van der Waals surface area contributed by atoms with Gasteiger partial charge in [0.15, 0.2) is 0 Å². The van der Waals surface area contributed by atoms with E-state index in [2.05, 4.69) is 5.10 Å². The van der Waals surface area contributed by atoms with E-state index in [0.717, 1.165) is 5.56 Å². The van der Waals surface area contributed by atoms with Crippen LogP contribution in [0.3, 0.4) is 0 Å². The predicted octanol–water partition coefficient (Wildman–Crippen LogP) is 1.41. The number of halogens is 1. The van der Waals surface area contributed by atoms with Crippen LogP contribution in [-0.2, 0) is 13.6 Å². The van der Waals surface area contributed by atoms with Gasteiger partial charge in [0.25, 0.3) is 5.91 Å². The number of hydrogen-bond donors (Lipinski definition) is 1. The molecular weight excluding hydrogens is 247 g/mol. The molecule has 0 aliphatic rings. The van der Waals surface area contributed by atoms with Crippen LogP contribution in [0.15, 0.2) is 30.5 Å². The Morgan fingerprint density at radius 1 is 1.42 bits per heavy atom. The van der Waals surface area contributed by atoms with Crippen LogP contribution in [0.1, 0.15) is 16.1 Å². The van der Waals surface area contributed by atoms with Crippen molar-refractivity contribution < 1.29 is 9.18 Å². The third-order valence-electron chi connectivity index (χ3n) is 2.85. The summed E-state index contributed by atoms with van der Waals surface area (Å²) in [5, 5.41) is 3.93. The lowest BCUT2D eigenvalue weighted by molar-refractivity contribution is 0.0775. The van der Waals surface area contributed by atoms with Crippen molar-refractivity contribution >= 4 is 11.6 Å². The second kappa shape index (κ2) is 5.09. The Hall–Kier alpha value is -2.37. The van der Waals surface area contributed by atoms with E-state index < -0.39 is 0 Å². The van der Waals surface area contributed by atoms with Gasteiger partial charge in [-0.25, -0.2) is 4.39 Å². The van der Waals surface area contributed by atoms with Gasteiger partial charge in [-0.05, 0) is 17.7 Å². The minimum atomic E-state index is -0.298. The van der Waals surface area contributed by atoms with Crippen molar-refractivity contribution in [1.29, 1.82) is 0 Å². The number of aryl methyl sites for hydroxylation is 1. The lowest BCUT2D eigenvalue weighted by atomic mass is 10.2. The first-order valence-electron chi connectivity index (χ1n) is 5.76. The monoisotopic (exact) mass is 262 g/mol. The molecule has 2 aromatic rings. The summed E-state index contributed by atoms with van der Waals surface area (Å²) in [5.74, 6) is -0.518. The van der Waals surface area contributed by atoms with Gasteiger partial charge in [0.2, 0.25) is 0 Å². The van der Waals surface area contributed by atoms with Gasteiger partial charge in [0.1, 0.15) is 11.5 Å². The molecule has 1 heterocycles. The summed E-state index contributed by atoms with van der Waals surface area (Å²) in [6.45, 7) is 0.379. The topological polar surface area (TPSA) is 64.2 Å². The van der Waals surface area contributed by atoms with Gasteiger partial charge in [-0.2, -0.15) is 5.10 Å². The maximum absolute atomic E-state index is 12.8. The number of rotatable bonds is 3. The highest BCUT2D eigenvalue weighted by Gasteiger charge is 2.19. The molecule has 0 fully saturated rings. The maximum atomic E-state index is 12.8. The summed E-state index contributed by atoms with van der Waals surface area (Å²) in [7, 11) is 3.33. The number of carbonyl (C=O) groups excluding carboxylic acids is 1. The van der Waals surface area contributed by atoms with Crippen molar-refractivity contribution in [3.63, 3.8) is 0 Å². The van der Waals surface area contributed by atoms with Crippen molar-refractivity contribution in [2.75, 3.05) is 12.8 Å². The fourth-order valence-electron chi connectivity index (χ4n) is 1.83. The average Bonchev–Trinajstić information content (AvgIpc) is 2.71. The number of nitrogen functional groups attached to an aromatic ring is 1. The van der Waals surface area contributed by atoms with Crippen molar-refractivity contribution in [1.82, 2.24) is 14.7 Å². The number of carbonyl (C=O) groups is 1. The first kappa shape index (κ1) is 13.1. The number of nitrogens with zero attached hydrogens (tertiary/aromatic N) is 3. The van der Waals surface area contributed by atoms with Crippen LogP contribution in [0.2, 0.25) is 0 Å². The molecule has 0 atom stereocenters. The standard InChI is InChI=1S/C13H15FN4O/c1-17(8-9-3-5-10(14)6-4-9)13(19)12-11(15)7-16-18(12)2/h3-7H,8,15H2,1-2H3. The Morgan fingerprint density at radius 2 is 2.05 bits per heavy atom. The zero-order valence-corrected chi connectivity index (χ0v) is 10.8. The summed E-state index contributed by atoms with van der Waals surface area (Å²) in [6, 6.07) is 6.02. The van der Waals surface area contributed by atoms with Crippen molar-refractivity contribution in [3.8, 4) is 0 Å². The summed E-state index contributed by atoms with van der Waals surface area (Å²) in [5.41, 5.74) is 7.26. The lowest BCUT2D eigenvalue weighted by Crippen LogP contribution is -2.28. The molecule has 0 radical (unpaired) electrons. The van der Waals surface area contributed by atoms with Gasteiger partial charge in [-0.15, -0.1) is 0 Å². The normalized spacial score (nSPS) is 10.5. The second-order valence-electron chi connectivity index (χ2n) is 4.36. The SMILES string of the molecule is CN(Cc1ccc(F)cc1)C(=O)c1c(N)cnn1C. The average molecular weight is 262 g/mol. The molecule has 0 saturated heterocycles. The lowest BCUT2D eigenvalue weighted by Gasteiger charge is -2.17. The van der Waals surface area contributed by atoms with Crippen LogP contribution in [0, 0.1) is 5.82 Å². The van der Waals surface area contributed by atoms with Crippen LogP contribution >= 0.6 is 0 Å². The van der Waals surface area contributed by atoms with E-state index in [9.17, 15) is 9.18 Å². The molecule has 2 N–H and O–H groups in total. The number of benzene rings is 1. The van der Waals surface area contributed by atoms with Gasteiger partial charge in [0.05, 0.1) is 11.9 Å². The zero-order valence-electron chi connectivity index (χ0n) is 10.8. The Kier molecular flexibility index (Phi) is 3.50. The number of amides is 1. The molecular formula is C13H15FN4O. The van der Waals surface area contributed by atoms with E-state index >= 15 is 0 Å². The highest BCUT2D eigenvalue weighted by atomic mass is 19.1. The Balaban J connectivity index is 2.14. The van der Waals surface area contributed by atoms with Crippen LogP contribution in [-0.4, -0.2) is 27.6 Å². The van der Waals surface area contributed by atoms with Gasteiger partial charge in [0, 0.05) is 20.6 Å². The van der Waals surface area contributed by atoms with Crippen LogP contribution < -0.4 is 5.73 Å². The van der Waals surface area contributed by atoms with Crippen LogP contribution in [0.25, 0.3) is 0 Å². The smallest absolute Gasteiger partial charge is 0.274 e. The predicted molar refractivity (Wildman–Crippen MR) is 69.8 cm³/mol. The minimum Gasteiger partial charge on any atom is -0.396 e. The van der Waals surface area contributed by atoms with Gasteiger partial charge in [-0.1, -0.05) is 12.1 Å². The molecule has 6 heteroatoms. The molecule has 5 nitrogen and oxygen atoms in total. The number of hydrogen-bond acceptors (Lipinski definition) is 3. The largest absolute Gasteiger partial charge is 0.396 e. The van der Waals surface area contributed by atoms with Crippen LogP contribution in [0.4, 0.5) is 10.1 Å². The quantitative estimate of drug-likeness (QED) is 0.909. The van der Waals surface area contributed by atoms with Crippen LogP contribution in [0.5, 0.6) is 0 Å². The van der Waals surface area contributed by atoms with E-state index in [1.165, 1.54) is 27.9 Å². The van der Waals surface area contributed by atoms with E-state index in [4.69, 9.17) is 5.73 Å². The second-order valence-corrected chi connectivity index (χ2v) is 4.36. The molecule has 0 unspecified atom stereocenters.